The first-order valence-corrected chi connectivity index (χ1v) is 5.28. The van der Waals surface area contributed by atoms with E-state index in [9.17, 15) is 9.18 Å². The van der Waals surface area contributed by atoms with Crippen molar-refractivity contribution >= 4 is 5.97 Å². The van der Waals surface area contributed by atoms with E-state index in [1.807, 2.05) is 0 Å². The highest BCUT2D eigenvalue weighted by atomic mass is 19.1. The van der Waals surface area contributed by atoms with Crippen LogP contribution in [0.4, 0.5) is 4.39 Å². The summed E-state index contributed by atoms with van der Waals surface area (Å²) in [5.74, 6) is -2.39. The first-order chi connectivity index (χ1) is 8.10. The van der Waals surface area contributed by atoms with E-state index in [2.05, 4.69) is 0 Å². The molecular weight excluding hydrogens is 231 g/mol. The van der Waals surface area contributed by atoms with Gasteiger partial charge in [0, 0.05) is 14.2 Å². The fourth-order valence-corrected chi connectivity index (χ4v) is 1.17. The van der Waals surface area contributed by atoms with Gasteiger partial charge in [0.15, 0.2) is 12.4 Å². The van der Waals surface area contributed by atoms with E-state index in [4.69, 9.17) is 18.9 Å². The molecule has 5 nitrogen and oxygen atoms in total. The molecule has 0 spiro atoms. The Balaban J connectivity index is 5.10. The quantitative estimate of drug-likeness (QED) is 0.282. The molecule has 6 heteroatoms. The summed E-state index contributed by atoms with van der Waals surface area (Å²) in [5, 5.41) is 0. The van der Waals surface area contributed by atoms with Gasteiger partial charge in [-0.1, -0.05) is 0 Å². The van der Waals surface area contributed by atoms with Crippen LogP contribution in [0.25, 0.3) is 0 Å². The van der Waals surface area contributed by atoms with Crippen molar-refractivity contribution in [2.45, 2.75) is 19.6 Å². The van der Waals surface area contributed by atoms with Gasteiger partial charge < -0.3 is 18.9 Å². The summed E-state index contributed by atoms with van der Waals surface area (Å²) in [6, 6.07) is 0. The number of hydrogen-bond acceptors (Lipinski definition) is 5. The van der Waals surface area contributed by atoms with Crippen LogP contribution in [0.15, 0.2) is 11.8 Å². The number of hydrogen-bond donors (Lipinski definition) is 0. The Morgan fingerprint density at radius 2 is 1.71 bits per heavy atom. The van der Waals surface area contributed by atoms with Crippen molar-refractivity contribution in [3.05, 3.63) is 11.8 Å². The minimum absolute atomic E-state index is 0.0500. The molecule has 100 valence electrons. The lowest BCUT2D eigenvalue weighted by Gasteiger charge is -2.29. The van der Waals surface area contributed by atoms with Crippen molar-refractivity contribution in [3.8, 4) is 0 Å². The van der Waals surface area contributed by atoms with Crippen molar-refractivity contribution < 1.29 is 28.1 Å². The molecular formula is C11H19FO5. The van der Waals surface area contributed by atoms with Gasteiger partial charge in [-0.3, -0.25) is 0 Å². The van der Waals surface area contributed by atoms with Gasteiger partial charge in [0.25, 0.3) is 5.79 Å². The van der Waals surface area contributed by atoms with Gasteiger partial charge in [-0.05, 0) is 13.8 Å². The van der Waals surface area contributed by atoms with Gasteiger partial charge in [0.05, 0.1) is 19.3 Å². The predicted octanol–water partition coefficient (Wildman–Crippen LogP) is 1.43. The SMILES string of the molecule is CCOC(=O)C=C(OCC)C(CF)(OC)OC. The lowest BCUT2D eigenvalue weighted by Crippen LogP contribution is -2.40. The molecule has 0 aromatic rings. The summed E-state index contributed by atoms with van der Waals surface area (Å²) in [7, 11) is 2.53. The molecule has 0 aromatic carbocycles. The Hall–Kier alpha value is -1.14. The number of methoxy groups -OCH3 is 2. The Morgan fingerprint density at radius 3 is 2.06 bits per heavy atom. The summed E-state index contributed by atoms with van der Waals surface area (Å²) < 4.78 is 32.7. The van der Waals surface area contributed by atoms with E-state index in [0.717, 1.165) is 6.08 Å². The molecule has 0 aromatic heterocycles. The van der Waals surface area contributed by atoms with Crippen molar-refractivity contribution in [1.82, 2.24) is 0 Å². The van der Waals surface area contributed by atoms with Gasteiger partial charge in [-0.2, -0.15) is 0 Å². The topological polar surface area (TPSA) is 54.0 Å². The molecule has 0 heterocycles. The van der Waals surface area contributed by atoms with E-state index < -0.39 is 18.4 Å². The zero-order chi connectivity index (χ0) is 13.3. The van der Waals surface area contributed by atoms with Crippen molar-refractivity contribution in [1.29, 1.82) is 0 Å². The number of rotatable bonds is 8. The third-order valence-electron chi connectivity index (χ3n) is 2.05. The molecule has 0 radical (unpaired) electrons. The summed E-state index contributed by atoms with van der Waals surface area (Å²) in [6.07, 6.45) is 1.03. The molecule has 0 aliphatic heterocycles. The van der Waals surface area contributed by atoms with Gasteiger partial charge in [-0.25, -0.2) is 9.18 Å². The lowest BCUT2D eigenvalue weighted by atomic mass is 10.2. The largest absolute Gasteiger partial charge is 0.492 e. The highest BCUT2D eigenvalue weighted by molar-refractivity contribution is 5.82. The highest BCUT2D eigenvalue weighted by Crippen LogP contribution is 2.24. The summed E-state index contributed by atoms with van der Waals surface area (Å²) in [4.78, 5) is 11.3. The minimum Gasteiger partial charge on any atom is -0.492 e. The minimum atomic E-state index is -1.71. The second kappa shape index (κ2) is 8.03. The fourth-order valence-electron chi connectivity index (χ4n) is 1.17. The van der Waals surface area contributed by atoms with E-state index in [1.54, 1.807) is 13.8 Å². The molecule has 0 saturated carbocycles. The number of ether oxygens (including phenoxy) is 4. The van der Waals surface area contributed by atoms with Crippen LogP contribution in [0.2, 0.25) is 0 Å². The Bertz CT molecular complexity index is 252. The average molecular weight is 250 g/mol. The van der Waals surface area contributed by atoms with Crippen LogP contribution < -0.4 is 0 Å². The third kappa shape index (κ3) is 4.32. The Kier molecular flexibility index (Phi) is 7.49. The first kappa shape index (κ1) is 15.9. The molecule has 0 fully saturated rings. The number of carbonyl (C=O) groups excluding carboxylic acids is 1. The van der Waals surface area contributed by atoms with E-state index in [1.165, 1.54) is 14.2 Å². The Labute approximate surface area is 100 Å². The molecule has 17 heavy (non-hydrogen) atoms. The van der Waals surface area contributed by atoms with Crippen LogP contribution in [0, 0.1) is 0 Å². The van der Waals surface area contributed by atoms with Crippen LogP contribution in [-0.4, -0.2) is 45.9 Å². The molecule has 0 saturated heterocycles. The van der Waals surface area contributed by atoms with Crippen molar-refractivity contribution in [2.24, 2.45) is 0 Å². The molecule has 0 amide bonds. The van der Waals surface area contributed by atoms with Crippen LogP contribution in [-0.2, 0) is 23.7 Å². The standard InChI is InChI=1S/C11H19FO5/c1-5-16-9(7-10(13)17-6-2)11(8-12,14-3)15-4/h7H,5-6,8H2,1-4H3. The van der Waals surface area contributed by atoms with Gasteiger partial charge >= 0.3 is 5.97 Å². The lowest BCUT2D eigenvalue weighted by molar-refractivity contribution is -0.211. The van der Waals surface area contributed by atoms with Crippen LogP contribution in [0.5, 0.6) is 0 Å². The average Bonchev–Trinajstić information content (AvgIpc) is 2.32. The second-order valence-electron chi connectivity index (χ2n) is 2.99. The predicted molar refractivity (Wildman–Crippen MR) is 59.1 cm³/mol. The van der Waals surface area contributed by atoms with Crippen LogP contribution >= 0.6 is 0 Å². The van der Waals surface area contributed by atoms with E-state index in [0.29, 0.717) is 0 Å². The van der Waals surface area contributed by atoms with Crippen molar-refractivity contribution in [3.63, 3.8) is 0 Å². The molecule has 0 atom stereocenters. The van der Waals surface area contributed by atoms with E-state index in [-0.39, 0.29) is 19.0 Å². The third-order valence-corrected chi connectivity index (χ3v) is 2.05. The summed E-state index contributed by atoms with van der Waals surface area (Å²) in [6.45, 7) is 2.86. The fraction of sp³-hybridized carbons (Fsp3) is 0.727. The first-order valence-electron chi connectivity index (χ1n) is 5.28. The van der Waals surface area contributed by atoms with E-state index >= 15 is 0 Å². The number of alkyl halides is 1. The molecule has 0 aliphatic carbocycles. The van der Waals surface area contributed by atoms with Gasteiger partial charge in [0.2, 0.25) is 0 Å². The number of esters is 1. The molecule has 0 N–H and O–H groups in total. The molecule has 0 aliphatic rings. The maximum atomic E-state index is 13.0. The summed E-state index contributed by atoms with van der Waals surface area (Å²) in [5.41, 5.74) is 0. The summed E-state index contributed by atoms with van der Waals surface area (Å²) >= 11 is 0. The number of carbonyl (C=O) groups is 1. The van der Waals surface area contributed by atoms with Crippen LogP contribution in [0.3, 0.4) is 0 Å². The molecule has 0 unspecified atom stereocenters. The molecule has 0 bridgehead atoms. The second-order valence-corrected chi connectivity index (χ2v) is 2.99. The molecule has 0 rings (SSSR count). The monoisotopic (exact) mass is 250 g/mol. The number of halogens is 1. The maximum Gasteiger partial charge on any atom is 0.334 e. The highest BCUT2D eigenvalue weighted by Gasteiger charge is 2.37. The smallest absolute Gasteiger partial charge is 0.334 e. The normalized spacial score (nSPS) is 12.4. The zero-order valence-corrected chi connectivity index (χ0v) is 10.6. The Morgan fingerprint density at radius 1 is 1.18 bits per heavy atom. The van der Waals surface area contributed by atoms with Crippen molar-refractivity contribution in [2.75, 3.05) is 34.1 Å². The van der Waals surface area contributed by atoms with Gasteiger partial charge in [-0.15, -0.1) is 0 Å². The maximum absolute atomic E-state index is 13.0. The zero-order valence-electron chi connectivity index (χ0n) is 10.6. The van der Waals surface area contributed by atoms with Gasteiger partial charge in [0.1, 0.15) is 0 Å². The van der Waals surface area contributed by atoms with Crippen LogP contribution in [0.1, 0.15) is 13.8 Å².